The number of carbonyl (C=O) groups is 3. The lowest BCUT2D eigenvalue weighted by Crippen LogP contribution is -2.41. The molecule has 0 radical (unpaired) electrons. The first-order chi connectivity index (χ1) is 11.0. The summed E-state index contributed by atoms with van der Waals surface area (Å²) >= 11 is 0. The van der Waals surface area contributed by atoms with E-state index in [0.717, 1.165) is 5.56 Å². The van der Waals surface area contributed by atoms with Crippen molar-refractivity contribution in [3.63, 3.8) is 0 Å². The lowest BCUT2D eigenvalue weighted by Gasteiger charge is -2.13. The van der Waals surface area contributed by atoms with Crippen molar-refractivity contribution in [3.8, 4) is 0 Å². The number of carbonyl (C=O) groups excluding carboxylic acids is 1. The Balaban J connectivity index is 2.19. The van der Waals surface area contributed by atoms with Crippen molar-refractivity contribution in [2.24, 2.45) is 0 Å². The summed E-state index contributed by atoms with van der Waals surface area (Å²) in [6, 6.07) is 8.44. The first kappa shape index (κ1) is 18.6. The molecule has 0 bridgehead atoms. The lowest BCUT2D eigenvalue weighted by molar-refractivity contribution is -0.143. The highest BCUT2D eigenvalue weighted by Crippen LogP contribution is 2.03. The highest BCUT2D eigenvalue weighted by molar-refractivity contribution is 5.83. The maximum atomic E-state index is 11.7. The van der Waals surface area contributed by atoms with Crippen molar-refractivity contribution in [2.75, 3.05) is 6.61 Å². The number of aliphatic carboxylic acids is 2. The third kappa shape index (κ3) is 8.57. The summed E-state index contributed by atoms with van der Waals surface area (Å²) in [5, 5.41) is 19.8. The minimum Gasteiger partial charge on any atom is -0.481 e. The van der Waals surface area contributed by atoms with Gasteiger partial charge < -0.3 is 20.3 Å². The zero-order chi connectivity index (χ0) is 17.1. The fraction of sp³-hybridized carbons (Fsp3) is 0.438. The number of nitrogens with one attached hydrogen (secondary N) is 1. The molecule has 1 aromatic carbocycles. The second kappa shape index (κ2) is 10.3. The SMILES string of the molecule is O=C(O)CC[C@H](NC(=O)CCCOCc1ccccc1)C(=O)O. The monoisotopic (exact) mass is 323 g/mol. The van der Waals surface area contributed by atoms with E-state index in [4.69, 9.17) is 14.9 Å². The van der Waals surface area contributed by atoms with Crippen molar-refractivity contribution >= 4 is 17.8 Å². The number of carboxylic acid groups (broad SMARTS) is 2. The van der Waals surface area contributed by atoms with Crippen molar-refractivity contribution in [1.82, 2.24) is 5.32 Å². The molecule has 3 N–H and O–H groups in total. The van der Waals surface area contributed by atoms with Crippen LogP contribution < -0.4 is 5.32 Å². The molecule has 1 rings (SSSR count). The predicted molar refractivity (Wildman–Crippen MR) is 81.8 cm³/mol. The van der Waals surface area contributed by atoms with Crippen LogP contribution in [0.2, 0.25) is 0 Å². The Kier molecular flexibility index (Phi) is 8.38. The molecule has 0 saturated carbocycles. The second-order valence-electron chi connectivity index (χ2n) is 5.03. The van der Waals surface area contributed by atoms with Crippen LogP contribution in [0.25, 0.3) is 0 Å². The van der Waals surface area contributed by atoms with Crippen molar-refractivity contribution in [3.05, 3.63) is 35.9 Å². The quantitative estimate of drug-likeness (QED) is 0.531. The molecule has 0 saturated heterocycles. The number of hydrogen-bond acceptors (Lipinski definition) is 4. The number of hydrogen-bond donors (Lipinski definition) is 3. The molecule has 0 spiro atoms. The molecular formula is C16H21NO6. The average molecular weight is 323 g/mol. The Hall–Kier alpha value is -2.41. The number of rotatable bonds is 11. The fourth-order valence-corrected chi connectivity index (χ4v) is 1.89. The van der Waals surface area contributed by atoms with Gasteiger partial charge in [-0.2, -0.15) is 0 Å². The Labute approximate surface area is 134 Å². The van der Waals surface area contributed by atoms with Gasteiger partial charge in [0.15, 0.2) is 0 Å². The number of amides is 1. The Morgan fingerprint density at radius 3 is 2.39 bits per heavy atom. The predicted octanol–water partition coefficient (Wildman–Crippen LogP) is 1.42. The summed E-state index contributed by atoms with van der Waals surface area (Å²) in [6.45, 7) is 0.841. The highest BCUT2D eigenvalue weighted by atomic mass is 16.5. The standard InChI is InChI=1S/C16H21NO6/c18-14(17-13(16(21)22)8-9-15(19)20)7-4-10-23-11-12-5-2-1-3-6-12/h1-3,5-6,13H,4,7-11H2,(H,17,18)(H,19,20)(H,21,22)/t13-/m0/s1. The molecule has 1 atom stereocenters. The van der Waals surface area contributed by atoms with E-state index in [1.54, 1.807) is 0 Å². The third-order valence-corrected chi connectivity index (χ3v) is 3.08. The largest absolute Gasteiger partial charge is 0.481 e. The number of carboxylic acids is 2. The zero-order valence-corrected chi connectivity index (χ0v) is 12.7. The second-order valence-corrected chi connectivity index (χ2v) is 5.03. The van der Waals surface area contributed by atoms with Gasteiger partial charge in [0.05, 0.1) is 6.61 Å². The maximum Gasteiger partial charge on any atom is 0.326 e. The van der Waals surface area contributed by atoms with Crippen molar-refractivity contribution < 1.29 is 29.3 Å². The highest BCUT2D eigenvalue weighted by Gasteiger charge is 2.20. The molecule has 0 unspecified atom stereocenters. The van der Waals surface area contributed by atoms with Gasteiger partial charge >= 0.3 is 11.9 Å². The Morgan fingerprint density at radius 1 is 1.09 bits per heavy atom. The molecule has 7 heteroatoms. The molecular weight excluding hydrogens is 302 g/mol. The Bertz CT molecular complexity index is 517. The van der Waals surface area contributed by atoms with Gasteiger partial charge in [0.2, 0.25) is 5.91 Å². The topological polar surface area (TPSA) is 113 Å². The average Bonchev–Trinajstić information content (AvgIpc) is 2.51. The molecule has 0 aliphatic rings. The van der Waals surface area contributed by atoms with Gasteiger partial charge in [0, 0.05) is 19.4 Å². The van der Waals surface area contributed by atoms with Gasteiger partial charge in [-0.1, -0.05) is 30.3 Å². The van der Waals surface area contributed by atoms with Gasteiger partial charge in [-0.15, -0.1) is 0 Å². The van der Waals surface area contributed by atoms with Crippen molar-refractivity contribution in [2.45, 2.75) is 38.3 Å². The van der Waals surface area contributed by atoms with Crippen LogP contribution in [0.3, 0.4) is 0 Å². The van der Waals surface area contributed by atoms with E-state index in [2.05, 4.69) is 5.32 Å². The van der Waals surface area contributed by atoms with E-state index in [0.29, 0.717) is 19.6 Å². The Morgan fingerprint density at radius 2 is 1.78 bits per heavy atom. The minimum atomic E-state index is -1.24. The van der Waals surface area contributed by atoms with Crippen LogP contribution in [0.1, 0.15) is 31.2 Å². The van der Waals surface area contributed by atoms with Crippen LogP contribution in [0.15, 0.2) is 30.3 Å². The molecule has 7 nitrogen and oxygen atoms in total. The van der Waals surface area contributed by atoms with Gasteiger partial charge in [0.25, 0.3) is 0 Å². The van der Waals surface area contributed by atoms with Crippen LogP contribution in [0.5, 0.6) is 0 Å². The summed E-state index contributed by atoms with van der Waals surface area (Å²) in [5.74, 6) is -2.76. The normalized spacial score (nSPS) is 11.7. The molecule has 0 aromatic heterocycles. The summed E-state index contributed by atoms with van der Waals surface area (Å²) in [7, 11) is 0. The van der Waals surface area contributed by atoms with Crippen LogP contribution in [-0.4, -0.2) is 40.7 Å². The molecule has 23 heavy (non-hydrogen) atoms. The summed E-state index contributed by atoms with van der Waals surface area (Å²) in [4.78, 5) is 33.1. The van der Waals surface area contributed by atoms with Gasteiger partial charge in [-0.25, -0.2) is 4.79 Å². The zero-order valence-electron chi connectivity index (χ0n) is 12.7. The van der Waals surface area contributed by atoms with Crippen LogP contribution in [0.4, 0.5) is 0 Å². The van der Waals surface area contributed by atoms with Gasteiger partial charge in [-0.3, -0.25) is 9.59 Å². The van der Waals surface area contributed by atoms with E-state index in [1.165, 1.54) is 0 Å². The first-order valence-corrected chi connectivity index (χ1v) is 7.34. The lowest BCUT2D eigenvalue weighted by atomic mass is 10.1. The third-order valence-electron chi connectivity index (χ3n) is 3.08. The van der Waals surface area contributed by atoms with E-state index in [-0.39, 0.29) is 19.3 Å². The van der Waals surface area contributed by atoms with E-state index in [1.807, 2.05) is 30.3 Å². The molecule has 1 aromatic rings. The van der Waals surface area contributed by atoms with Gasteiger partial charge in [-0.05, 0) is 18.4 Å². The molecule has 0 heterocycles. The van der Waals surface area contributed by atoms with Gasteiger partial charge in [0.1, 0.15) is 6.04 Å². The van der Waals surface area contributed by atoms with E-state index >= 15 is 0 Å². The number of ether oxygens (including phenoxy) is 1. The summed E-state index contributed by atoms with van der Waals surface area (Å²) in [6.07, 6.45) is 0.147. The molecule has 0 aliphatic carbocycles. The van der Waals surface area contributed by atoms with Crippen molar-refractivity contribution in [1.29, 1.82) is 0 Å². The smallest absolute Gasteiger partial charge is 0.326 e. The number of benzene rings is 1. The molecule has 1 amide bonds. The van der Waals surface area contributed by atoms with Crippen LogP contribution in [0, 0.1) is 0 Å². The van der Waals surface area contributed by atoms with E-state index < -0.39 is 23.9 Å². The summed E-state index contributed by atoms with van der Waals surface area (Å²) < 4.78 is 5.43. The minimum absolute atomic E-state index is 0.131. The fourth-order valence-electron chi connectivity index (χ4n) is 1.89. The van der Waals surface area contributed by atoms with Crippen LogP contribution in [-0.2, 0) is 25.7 Å². The maximum absolute atomic E-state index is 11.7. The first-order valence-electron chi connectivity index (χ1n) is 7.34. The van der Waals surface area contributed by atoms with Crippen LogP contribution >= 0.6 is 0 Å². The molecule has 126 valence electrons. The van der Waals surface area contributed by atoms with E-state index in [9.17, 15) is 14.4 Å². The molecule has 0 aliphatic heterocycles. The molecule has 0 fully saturated rings. The summed E-state index contributed by atoms with van der Waals surface area (Å²) in [5.41, 5.74) is 1.04.